The standard InChI is InChI=1S/C29H46O4S/c1-6-27(4)16-23(33-24(31)18-34-17-21-10-8-7-9-11-21)28(5)19(2)12-14-29(20(3)26(27)32)15-13-22(30)25(28)29/h6,19-21,23,25-26,32H,1,7-18H2,2-5H3/t19-,20+,23-,25+,26+,27-,28+,29+/m1/s1. The molecule has 0 aromatic heterocycles. The Balaban J connectivity index is 1.59. The van der Waals surface area contributed by atoms with Gasteiger partial charge < -0.3 is 9.84 Å². The summed E-state index contributed by atoms with van der Waals surface area (Å²) in [6, 6.07) is 0. The van der Waals surface area contributed by atoms with E-state index in [4.69, 9.17) is 4.74 Å². The second-order valence-corrected chi connectivity index (χ2v) is 13.6. The largest absolute Gasteiger partial charge is 0.461 e. The van der Waals surface area contributed by atoms with Gasteiger partial charge in [0.05, 0.1) is 11.9 Å². The third-order valence-corrected chi connectivity index (χ3v) is 12.0. The average molecular weight is 491 g/mol. The molecule has 0 saturated heterocycles. The van der Waals surface area contributed by atoms with E-state index in [2.05, 4.69) is 34.3 Å². The van der Waals surface area contributed by atoms with E-state index < -0.39 is 23.0 Å². The van der Waals surface area contributed by atoms with Crippen LogP contribution in [0.3, 0.4) is 0 Å². The molecule has 192 valence electrons. The smallest absolute Gasteiger partial charge is 0.316 e. The van der Waals surface area contributed by atoms with Crippen LogP contribution < -0.4 is 0 Å². The molecule has 4 fully saturated rings. The minimum Gasteiger partial charge on any atom is -0.461 e. The van der Waals surface area contributed by atoms with Crippen molar-refractivity contribution in [3.8, 4) is 0 Å². The van der Waals surface area contributed by atoms with Gasteiger partial charge in [0, 0.05) is 23.2 Å². The van der Waals surface area contributed by atoms with Crippen molar-refractivity contribution in [2.45, 2.75) is 104 Å². The van der Waals surface area contributed by atoms with Gasteiger partial charge in [-0.3, -0.25) is 9.59 Å². The number of aliphatic hydroxyl groups excluding tert-OH is 1. The van der Waals surface area contributed by atoms with Crippen LogP contribution in [0.5, 0.6) is 0 Å². The molecule has 0 spiro atoms. The van der Waals surface area contributed by atoms with Crippen LogP contribution in [0.1, 0.15) is 91.9 Å². The summed E-state index contributed by atoms with van der Waals surface area (Å²) in [6.45, 7) is 12.7. The van der Waals surface area contributed by atoms with Gasteiger partial charge in [-0.1, -0.05) is 53.0 Å². The minimum atomic E-state index is -0.613. The van der Waals surface area contributed by atoms with E-state index in [1.165, 1.54) is 32.1 Å². The van der Waals surface area contributed by atoms with Gasteiger partial charge in [-0.25, -0.2) is 0 Å². The number of carbonyl (C=O) groups excluding carboxylic acids is 2. The molecule has 4 nitrogen and oxygen atoms in total. The van der Waals surface area contributed by atoms with Crippen LogP contribution in [0.15, 0.2) is 12.7 Å². The van der Waals surface area contributed by atoms with Gasteiger partial charge in [-0.2, -0.15) is 0 Å². The molecule has 0 unspecified atom stereocenters. The van der Waals surface area contributed by atoms with Gasteiger partial charge in [-0.15, -0.1) is 18.3 Å². The number of ketones is 1. The molecule has 0 aliphatic heterocycles. The highest BCUT2D eigenvalue weighted by atomic mass is 32.2. The van der Waals surface area contributed by atoms with Crippen molar-refractivity contribution in [2.75, 3.05) is 11.5 Å². The Morgan fingerprint density at radius 3 is 2.56 bits per heavy atom. The van der Waals surface area contributed by atoms with Crippen LogP contribution in [0.2, 0.25) is 0 Å². The lowest BCUT2D eigenvalue weighted by Gasteiger charge is -2.61. The summed E-state index contributed by atoms with van der Waals surface area (Å²) in [5.41, 5.74) is -1.21. The average Bonchev–Trinajstić information content (AvgIpc) is 3.18. The first-order valence-corrected chi connectivity index (χ1v) is 14.9. The van der Waals surface area contributed by atoms with Crippen molar-refractivity contribution < 1.29 is 19.4 Å². The topological polar surface area (TPSA) is 63.6 Å². The lowest BCUT2D eigenvalue weighted by Crippen LogP contribution is -2.63. The van der Waals surface area contributed by atoms with Gasteiger partial charge in [0.25, 0.3) is 0 Å². The van der Waals surface area contributed by atoms with E-state index in [0.717, 1.165) is 30.9 Å². The van der Waals surface area contributed by atoms with Crippen molar-refractivity contribution in [2.24, 2.45) is 39.9 Å². The van der Waals surface area contributed by atoms with Crippen LogP contribution in [-0.4, -0.2) is 40.6 Å². The third-order valence-electron chi connectivity index (χ3n) is 10.9. The van der Waals surface area contributed by atoms with Crippen molar-refractivity contribution in [3.63, 3.8) is 0 Å². The highest BCUT2D eigenvalue weighted by Gasteiger charge is 2.68. The molecule has 0 aromatic rings. The molecule has 0 aromatic carbocycles. The van der Waals surface area contributed by atoms with Crippen molar-refractivity contribution in [1.82, 2.24) is 0 Å². The van der Waals surface area contributed by atoms with E-state index in [-0.39, 0.29) is 29.1 Å². The summed E-state index contributed by atoms with van der Waals surface area (Å²) in [5.74, 6) is 2.37. The molecule has 8 atom stereocenters. The lowest BCUT2D eigenvalue weighted by molar-refractivity contribution is -0.205. The predicted molar refractivity (Wildman–Crippen MR) is 139 cm³/mol. The quantitative estimate of drug-likeness (QED) is 0.354. The number of rotatable bonds is 6. The van der Waals surface area contributed by atoms with E-state index in [0.29, 0.717) is 24.4 Å². The Labute approximate surface area is 211 Å². The number of ether oxygens (including phenoxy) is 1. The zero-order valence-corrected chi connectivity index (χ0v) is 22.6. The van der Waals surface area contributed by atoms with Crippen molar-refractivity contribution in [1.29, 1.82) is 0 Å². The first-order chi connectivity index (χ1) is 16.1. The van der Waals surface area contributed by atoms with Gasteiger partial charge in [0.1, 0.15) is 11.9 Å². The maximum Gasteiger partial charge on any atom is 0.316 e. The molecule has 34 heavy (non-hydrogen) atoms. The summed E-state index contributed by atoms with van der Waals surface area (Å²) in [7, 11) is 0. The molecular weight excluding hydrogens is 444 g/mol. The van der Waals surface area contributed by atoms with Crippen molar-refractivity contribution >= 4 is 23.5 Å². The third kappa shape index (κ3) is 4.31. The van der Waals surface area contributed by atoms with E-state index in [1.807, 2.05) is 6.08 Å². The van der Waals surface area contributed by atoms with Crippen LogP contribution in [0, 0.1) is 39.9 Å². The molecule has 5 heteroatoms. The number of thioether (sulfide) groups is 1. The number of carbonyl (C=O) groups is 2. The monoisotopic (exact) mass is 490 g/mol. The molecule has 4 saturated carbocycles. The Morgan fingerprint density at radius 2 is 1.88 bits per heavy atom. The SMILES string of the molecule is C=C[C@]1(C)C[C@@H](OC(=O)CSCC2CCCCC2)[C@]2(C)[C@H](C)CC[C@]3(CCC(=O)[C@H]32)[C@@H](C)[C@@H]1O. The van der Waals surface area contributed by atoms with Gasteiger partial charge >= 0.3 is 5.97 Å². The second kappa shape index (κ2) is 9.92. The summed E-state index contributed by atoms with van der Waals surface area (Å²) in [5, 5.41) is 11.6. The molecule has 4 rings (SSSR count). The zero-order chi connectivity index (χ0) is 24.7. The molecular formula is C29H46O4S. The summed E-state index contributed by atoms with van der Waals surface area (Å²) >= 11 is 1.70. The van der Waals surface area contributed by atoms with Crippen LogP contribution in [-0.2, 0) is 14.3 Å². The van der Waals surface area contributed by atoms with Crippen LogP contribution >= 0.6 is 11.8 Å². The van der Waals surface area contributed by atoms with Gasteiger partial charge in [-0.05, 0) is 67.4 Å². The summed E-state index contributed by atoms with van der Waals surface area (Å²) in [4.78, 5) is 26.6. The molecule has 0 radical (unpaired) electrons. The molecule has 4 aliphatic rings. The molecule has 0 amide bonds. The molecule has 2 bridgehead atoms. The number of esters is 1. The second-order valence-electron chi connectivity index (χ2n) is 12.6. The Bertz CT molecular complexity index is 791. The summed E-state index contributed by atoms with van der Waals surface area (Å²) < 4.78 is 6.34. The minimum absolute atomic E-state index is 0.00137. The highest BCUT2D eigenvalue weighted by molar-refractivity contribution is 7.99. The Kier molecular flexibility index (Phi) is 7.66. The van der Waals surface area contributed by atoms with E-state index >= 15 is 0 Å². The Hall–Kier alpha value is -0.810. The molecule has 0 heterocycles. The molecule has 1 N–H and O–H groups in total. The zero-order valence-electron chi connectivity index (χ0n) is 21.8. The van der Waals surface area contributed by atoms with E-state index in [9.17, 15) is 14.7 Å². The van der Waals surface area contributed by atoms with Crippen molar-refractivity contribution in [3.05, 3.63) is 12.7 Å². The van der Waals surface area contributed by atoms with Gasteiger partial charge in [0.2, 0.25) is 0 Å². The first-order valence-electron chi connectivity index (χ1n) is 13.7. The maximum atomic E-state index is 13.4. The first kappa shape index (κ1) is 26.3. The van der Waals surface area contributed by atoms with Gasteiger partial charge in [0.15, 0.2) is 0 Å². The fourth-order valence-corrected chi connectivity index (χ4v) is 9.38. The molecule has 4 aliphatic carbocycles. The number of Topliss-reactive ketones (excluding diaryl/α,β-unsaturated/α-hetero) is 1. The number of aliphatic hydroxyl groups is 1. The lowest BCUT2D eigenvalue weighted by atomic mass is 9.44. The van der Waals surface area contributed by atoms with E-state index in [1.54, 1.807) is 11.8 Å². The number of hydrogen-bond donors (Lipinski definition) is 1. The number of hydrogen-bond acceptors (Lipinski definition) is 5. The highest BCUT2D eigenvalue weighted by Crippen LogP contribution is 2.68. The predicted octanol–water partition coefficient (Wildman–Crippen LogP) is 6.21. The maximum absolute atomic E-state index is 13.4. The fraction of sp³-hybridized carbons (Fsp3) is 0.862. The van der Waals surface area contributed by atoms with Crippen LogP contribution in [0.25, 0.3) is 0 Å². The van der Waals surface area contributed by atoms with Crippen LogP contribution in [0.4, 0.5) is 0 Å². The summed E-state index contributed by atoms with van der Waals surface area (Å²) in [6.07, 6.45) is 11.3. The normalized spacial score (nSPS) is 45.2. The Morgan fingerprint density at radius 1 is 1.18 bits per heavy atom. The fourth-order valence-electron chi connectivity index (χ4n) is 8.36.